The van der Waals surface area contributed by atoms with Crippen LogP contribution in [0.2, 0.25) is 5.02 Å². The number of methoxy groups -OCH3 is 3. The van der Waals surface area contributed by atoms with Gasteiger partial charge in [-0.3, -0.25) is 4.79 Å². The van der Waals surface area contributed by atoms with Gasteiger partial charge in [-0.1, -0.05) is 17.7 Å². The summed E-state index contributed by atoms with van der Waals surface area (Å²) in [5.41, 5.74) is 2.27. The molecule has 0 aliphatic heterocycles. The van der Waals surface area contributed by atoms with E-state index < -0.39 is 0 Å². The molecule has 1 N–H and O–H groups in total. The highest BCUT2D eigenvalue weighted by atomic mass is 35.5. The van der Waals surface area contributed by atoms with Gasteiger partial charge >= 0.3 is 0 Å². The van der Waals surface area contributed by atoms with Crippen LogP contribution >= 0.6 is 11.6 Å². The first-order chi connectivity index (χ1) is 12.0. The van der Waals surface area contributed by atoms with Gasteiger partial charge in [0.15, 0.2) is 11.5 Å². The largest absolute Gasteiger partial charge is 0.493 e. The van der Waals surface area contributed by atoms with Crippen molar-refractivity contribution in [1.82, 2.24) is 0 Å². The fourth-order valence-corrected chi connectivity index (χ4v) is 2.46. The number of amides is 1. The number of ether oxygens (including phenoxy) is 3. The molecule has 0 heterocycles. The van der Waals surface area contributed by atoms with Crippen molar-refractivity contribution in [2.45, 2.75) is 6.92 Å². The molecule has 25 heavy (non-hydrogen) atoms. The van der Waals surface area contributed by atoms with Gasteiger partial charge in [0, 0.05) is 22.3 Å². The summed E-state index contributed by atoms with van der Waals surface area (Å²) in [6.07, 6.45) is 3.06. The van der Waals surface area contributed by atoms with Gasteiger partial charge < -0.3 is 19.5 Å². The third-order valence-electron chi connectivity index (χ3n) is 3.59. The lowest BCUT2D eigenvalue weighted by Crippen LogP contribution is -2.07. The Morgan fingerprint density at radius 1 is 1.04 bits per heavy atom. The molecule has 6 heteroatoms. The summed E-state index contributed by atoms with van der Waals surface area (Å²) in [6, 6.07) is 8.88. The van der Waals surface area contributed by atoms with Gasteiger partial charge in [-0.15, -0.1) is 0 Å². The molecular formula is C19H20ClNO4. The highest BCUT2D eigenvalue weighted by Gasteiger charge is 2.14. The van der Waals surface area contributed by atoms with E-state index in [1.807, 2.05) is 13.0 Å². The average molecular weight is 362 g/mol. The van der Waals surface area contributed by atoms with Gasteiger partial charge in [-0.25, -0.2) is 0 Å². The summed E-state index contributed by atoms with van der Waals surface area (Å²) in [6.45, 7) is 1.90. The van der Waals surface area contributed by atoms with E-state index in [4.69, 9.17) is 25.8 Å². The quantitative estimate of drug-likeness (QED) is 0.778. The Morgan fingerprint density at radius 2 is 1.76 bits per heavy atom. The van der Waals surface area contributed by atoms with Gasteiger partial charge in [0.1, 0.15) is 0 Å². The lowest BCUT2D eigenvalue weighted by atomic mass is 10.1. The standard InChI is InChI=1S/C19H20ClNO4/c1-12-5-8-14(11-15(12)20)21-17(22)10-7-13-6-9-16(23-2)19(25-4)18(13)24-3/h5-11H,1-4H3,(H,21,22). The molecule has 2 aromatic carbocycles. The van der Waals surface area contributed by atoms with Gasteiger partial charge in [0.05, 0.1) is 21.3 Å². The molecule has 0 radical (unpaired) electrons. The summed E-state index contributed by atoms with van der Waals surface area (Å²) in [5.74, 6) is 1.23. The zero-order valence-corrected chi connectivity index (χ0v) is 15.3. The fraction of sp³-hybridized carbons (Fsp3) is 0.211. The topological polar surface area (TPSA) is 56.8 Å². The monoisotopic (exact) mass is 361 g/mol. The number of rotatable bonds is 6. The summed E-state index contributed by atoms with van der Waals surface area (Å²) >= 11 is 6.06. The van der Waals surface area contributed by atoms with Crippen LogP contribution in [0, 0.1) is 6.92 Å². The van der Waals surface area contributed by atoms with Crippen molar-refractivity contribution in [3.05, 3.63) is 52.6 Å². The van der Waals surface area contributed by atoms with Crippen LogP contribution in [-0.4, -0.2) is 27.2 Å². The molecule has 0 aliphatic rings. The number of aryl methyl sites for hydroxylation is 1. The molecule has 0 saturated heterocycles. The van der Waals surface area contributed by atoms with E-state index in [2.05, 4.69) is 5.32 Å². The first kappa shape index (κ1) is 18.7. The van der Waals surface area contributed by atoms with Crippen molar-refractivity contribution in [3.63, 3.8) is 0 Å². The molecule has 2 aromatic rings. The second-order valence-electron chi connectivity index (χ2n) is 5.21. The van der Waals surface area contributed by atoms with Gasteiger partial charge in [0.2, 0.25) is 11.7 Å². The Kier molecular flexibility index (Phi) is 6.31. The fourth-order valence-electron chi connectivity index (χ4n) is 2.28. The number of carbonyl (C=O) groups is 1. The van der Waals surface area contributed by atoms with E-state index in [-0.39, 0.29) is 5.91 Å². The highest BCUT2D eigenvalue weighted by molar-refractivity contribution is 6.31. The molecule has 0 aliphatic carbocycles. The Bertz CT molecular complexity index is 802. The Hall–Kier alpha value is -2.66. The zero-order valence-electron chi connectivity index (χ0n) is 14.6. The third kappa shape index (κ3) is 4.45. The van der Waals surface area contributed by atoms with Crippen LogP contribution < -0.4 is 19.5 Å². The predicted octanol–water partition coefficient (Wildman–Crippen LogP) is 4.33. The van der Waals surface area contributed by atoms with E-state index in [0.29, 0.717) is 33.5 Å². The third-order valence-corrected chi connectivity index (χ3v) is 4.00. The molecule has 0 spiro atoms. The van der Waals surface area contributed by atoms with Crippen LogP contribution in [0.1, 0.15) is 11.1 Å². The maximum Gasteiger partial charge on any atom is 0.248 e. The van der Waals surface area contributed by atoms with Crippen LogP contribution in [0.15, 0.2) is 36.4 Å². The maximum atomic E-state index is 12.1. The van der Waals surface area contributed by atoms with Gasteiger partial charge in [0.25, 0.3) is 0 Å². The average Bonchev–Trinajstić information content (AvgIpc) is 2.61. The molecule has 132 valence electrons. The van der Waals surface area contributed by atoms with Crippen LogP contribution in [0.3, 0.4) is 0 Å². The van der Waals surface area contributed by atoms with Crippen LogP contribution in [0.5, 0.6) is 17.2 Å². The van der Waals surface area contributed by atoms with Crippen molar-refractivity contribution < 1.29 is 19.0 Å². The number of anilines is 1. The second-order valence-corrected chi connectivity index (χ2v) is 5.62. The molecule has 0 unspecified atom stereocenters. The summed E-state index contributed by atoms with van der Waals surface area (Å²) in [5, 5.41) is 3.36. The Balaban J connectivity index is 2.20. The molecular weight excluding hydrogens is 342 g/mol. The summed E-state index contributed by atoms with van der Waals surface area (Å²) in [4.78, 5) is 12.1. The number of benzene rings is 2. The van der Waals surface area contributed by atoms with Gasteiger partial charge in [-0.05, 0) is 42.8 Å². The first-order valence-electron chi connectivity index (χ1n) is 7.54. The van der Waals surface area contributed by atoms with Crippen molar-refractivity contribution in [3.8, 4) is 17.2 Å². The van der Waals surface area contributed by atoms with E-state index in [0.717, 1.165) is 5.56 Å². The molecule has 0 bridgehead atoms. The van der Waals surface area contributed by atoms with Crippen LogP contribution in [0.4, 0.5) is 5.69 Å². The van der Waals surface area contributed by atoms with Crippen molar-refractivity contribution >= 4 is 29.3 Å². The smallest absolute Gasteiger partial charge is 0.248 e. The molecule has 2 rings (SSSR count). The first-order valence-corrected chi connectivity index (χ1v) is 7.92. The Labute approximate surface area is 152 Å². The molecule has 5 nitrogen and oxygen atoms in total. The lowest BCUT2D eigenvalue weighted by Gasteiger charge is -2.14. The number of nitrogens with one attached hydrogen (secondary N) is 1. The predicted molar refractivity (Wildman–Crippen MR) is 100.0 cm³/mol. The SMILES string of the molecule is COc1ccc(C=CC(=O)Nc2ccc(C)c(Cl)c2)c(OC)c1OC. The molecule has 0 saturated carbocycles. The molecule has 0 aromatic heterocycles. The lowest BCUT2D eigenvalue weighted by molar-refractivity contribution is -0.111. The van der Waals surface area contributed by atoms with E-state index in [9.17, 15) is 4.79 Å². The Morgan fingerprint density at radius 3 is 2.36 bits per heavy atom. The van der Waals surface area contributed by atoms with E-state index in [1.165, 1.54) is 20.3 Å². The van der Waals surface area contributed by atoms with Crippen LogP contribution in [0.25, 0.3) is 6.08 Å². The van der Waals surface area contributed by atoms with Crippen molar-refractivity contribution in [2.75, 3.05) is 26.6 Å². The van der Waals surface area contributed by atoms with Crippen LogP contribution in [-0.2, 0) is 4.79 Å². The minimum Gasteiger partial charge on any atom is -0.493 e. The molecule has 0 fully saturated rings. The van der Waals surface area contributed by atoms with E-state index >= 15 is 0 Å². The highest BCUT2D eigenvalue weighted by Crippen LogP contribution is 2.40. The minimum atomic E-state index is -0.281. The number of carbonyl (C=O) groups excluding carboxylic acids is 1. The van der Waals surface area contributed by atoms with E-state index in [1.54, 1.807) is 37.5 Å². The minimum absolute atomic E-state index is 0.281. The maximum absolute atomic E-state index is 12.1. The second kappa shape index (κ2) is 8.44. The number of hydrogen-bond acceptors (Lipinski definition) is 4. The normalized spacial score (nSPS) is 10.6. The van der Waals surface area contributed by atoms with Crippen molar-refractivity contribution in [1.29, 1.82) is 0 Å². The summed E-state index contributed by atoms with van der Waals surface area (Å²) in [7, 11) is 4.61. The van der Waals surface area contributed by atoms with Crippen molar-refractivity contribution in [2.24, 2.45) is 0 Å². The zero-order chi connectivity index (χ0) is 18.4. The number of hydrogen-bond donors (Lipinski definition) is 1. The van der Waals surface area contributed by atoms with Gasteiger partial charge in [-0.2, -0.15) is 0 Å². The molecule has 1 amide bonds. The number of halogens is 1. The summed E-state index contributed by atoms with van der Waals surface area (Å²) < 4.78 is 15.9. The molecule has 0 atom stereocenters.